The van der Waals surface area contributed by atoms with Crippen LogP contribution in [0, 0.1) is 6.92 Å². The standard InChI is InChI=1S/C18H21NO/c1-13-5-3-4-6-18(13)19-16-11-15(12-16)14-7-9-17(20-2)10-8-14/h3-10,15-16,19H,11-12H2,1-2H3. The lowest BCUT2D eigenvalue weighted by Gasteiger charge is -2.37. The van der Waals surface area contributed by atoms with Crippen LogP contribution in [0.25, 0.3) is 0 Å². The molecular weight excluding hydrogens is 246 g/mol. The number of methoxy groups -OCH3 is 1. The van der Waals surface area contributed by atoms with E-state index in [9.17, 15) is 0 Å². The molecule has 2 aromatic carbocycles. The predicted molar refractivity (Wildman–Crippen MR) is 83.6 cm³/mol. The Balaban J connectivity index is 1.57. The van der Waals surface area contributed by atoms with Crippen molar-refractivity contribution in [1.29, 1.82) is 0 Å². The summed E-state index contributed by atoms with van der Waals surface area (Å²) in [6.45, 7) is 2.15. The zero-order chi connectivity index (χ0) is 13.9. The number of ether oxygens (including phenoxy) is 1. The van der Waals surface area contributed by atoms with Gasteiger partial charge in [0.15, 0.2) is 0 Å². The highest BCUT2D eigenvalue weighted by atomic mass is 16.5. The van der Waals surface area contributed by atoms with Gasteiger partial charge in [-0.3, -0.25) is 0 Å². The predicted octanol–water partition coefficient (Wildman–Crippen LogP) is 4.36. The van der Waals surface area contributed by atoms with Crippen molar-refractivity contribution < 1.29 is 4.74 Å². The van der Waals surface area contributed by atoms with E-state index >= 15 is 0 Å². The molecule has 1 aliphatic rings. The Morgan fingerprint density at radius 1 is 1.00 bits per heavy atom. The van der Waals surface area contributed by atoms with E-state index in [4.69, 9.17) is 4.74 Å². The molecule has 0 aromatic heterocycles. The first-order valence-corrected chi connectivity index (χ1v) is 7.22. The van der Waals surface area contributed by atoms with Crippen LogP contribution in [0.1, 0.15) is 29.9 Å². The molecular formula is C18H21NO. The lowest BCUT2D eigenvalue weighted by Crippen LogP contribution is -2.34. The Hall–Kier alpha value is -1.96. The van der Waals surface area contributed by atoms with Crippen molar-refractivity contribution in [1.82, 2.24) is 0 Å². The van der Waals surface area contributed by atoms with Crippen molar-refractivity contribution >= 4 is 5.69 Å². The minimum absolute atomic E-state index is 0.600. The molecule has 1 N–H and O–H groups in total. The maximum Gasteiger partial charge on any atom is 0.118 e. The summed E-state index contributed by atoms with van der Waals surface area (Å²) in [5.41, 5.74) is 4.01. The molecule has 2 nitrogen and oxygen atoms in total. The van der Waals surface area contributed by atoms with E-state index in [1.807, 2.05) is 0 Å². The molecule has 0 heterocycles. The van der Waals surface area contributed by atoms with E-state index in [0.717, 1.165) is 5.75 Å². The highest BCUT2D eigenvalue weighted by Gasteiger charge is 2.30. The van der Waals surface area contributed by atoms with Gasteiger partial charge in [-0.2, -0.15) is 0 Å². The van der Waals surface area contributed by atoms with Crippen molar-refractivity contribution in [3.63, 3.8) is 0 Å². The molecule has 0 saturated heterocycles. The van der Waals surface area contributed by atoms with E-state index in [-0.39, 0.29) is 0 Å². The van der Waals surface area contributed by atoms with Crippen LogP contribution in [-0.4, -0.2) is 13.2 Å². The second-order valence-electron chi connectivity index (χ2n) is 5.60. The highest BCUT2D eigenvalue weighted by Crippen LogP contribution is 2.39. The summed E-state index contributed by atoms with van der Waals surface area (Å²) in [4.78, 5) is 0. The maximum absolute atomic E-state index is 5.20. The van der Waals surface area contributed by atoms with Gasteiger partial charge in [-0.1, -0.05) is 30.3 Å². The Bertz CT molecular complexity index is 570. The average Bonchev–Trinajstić information content (AvgIpc) is 2.44. The van der Waals surface area contributed by atoms with Crippen LogP contribution in [-0.2, 0) is 0 Å². The van der Waals surface area contributed by atoms with E-state index in [2.05, 4.69) is 60.8 Å². The molecule has 1 aliphatic carbocycles. The molecule has 3 rings (SSSR count). The van der Waals surface area contributed by atoms with E-state index in [1.165, 1.54) is 29.7 Å². The monoisotopic (exact) mass is 267 g/mol. The smallest absolute Gasteiger partial charge is 0.118 e. The molecule has 2 aromatic rings. The summed E-state index contributed by atoms with van der Waals surface area (Å²) in [5, 5.41) is 3.64. The SMILES string of the molecule is COc1ccc(C2CC(Nc3ccccc3C)C2)cc1. The molecule has 0 bridgehead atoms. The van der Waals surface area contributed by atoms with Gasteiger partial charge in [-0.05, 0) is 55.0 Å². The minimum Gasteiger partial charge on any atom is -0.497 e. The van der Waals surface area contributed by atoms with Crippen molar-refractivity contribution in [2.75, 3.05) is 12.4 Å². The first-order valence-electron chi connectivity index (χ1n) is 7.22. The van der Waals surface area contributed by atoms with E-state index in [1.54, 1.807) is 7.11 Å². The normalized spacial score (nSPS) is 21.1. The van der Waals surface area contributed by atoms with Crippen LogP contribution in [0.3, 0.4) is 0 Å². The number of aryl methyl sites for hydroxylation is 1. The van der Waals surface area contributed by atoms with Crippen LogP contribution in [0.15, 0.2) is 48.5 Å². The summed E-state index contributed by atoms with van der Waals surface area (Å²) in [6, 6.07) is 17.6. The van der Waals surface area contributed by atoms with Crippen LogP contribution < -0.4 is 10.1 Å². The zero-order valence-electron chi connectivity index (χ0n) is 12.1. The quantitative estimate of drug-likeness (QED) is 0.888. The van der Waals surface area contributed by atoms with Crippen LogP contribution in [0.4, 0.5) is 5.69 Å². The van der Waals surface area contributed by atoms with Gasteiger partial charge in [-0.25, -0.2) is 0 Å². The highest BCUT2D eigenvalue weighted by molar-refractivity contribution is 5.51. The molecule has 0 unspecified atom stereocenters. The van der Waals surface area contributed by atoms with Gasteiger partial charge in [-0.15, -0.1) is 0 Å². The van der Waals surface area contributed by atoms with Gasteiger partial charge in [0.2, 0.25) is 0 Å². The minimum atomic E-state index is 0.600. The molecule has 0 spiro atoms. The van der Waals surface area contributed by atoms with E-state index < -0.39 is 0 Å². The molecule has 1 fully saturated rings. The average molecular weight is 267 g/mol. The molecule has 104 valence electrons. The first-order chi connectivity index (χ1) is 9.76. The number of nitrogens with one attached hydrogen (secondary N) is 1. The molecule has 2 heteroatoms. The zero-order valence-corrected chi connectivity index (χ0v) is 12.1. The Kier molecular flexibility index (Phi) is 3.64. The number of hydrogen-bond donors (Lipinski definition) is 1. The lowest BCUT2D eigenvalue weighted by molar-refractivity contribution is 0.373. The first kappa shape index (κ1) is 13.0. The fraction of sp³-hybridized carbons (Fsp3) is 0.333. The molecule has 20 heavy (non-hydrogen) atoms. The molecule has 1 saturated carbocycles. The maximum atomic E-state index is 5.20. The molecule has 0 atom stereocenters. The summed E-state index contributed by atoms with van der Waals surface area (Å²) < 4.78 is 5.20. The number of benzene rings is 2. The Labute approximate surface area is 120 Å². The third-order valence-electron chi connectivity index (χ3n) is 4.23. The van der Waals surface area contributed by atoms with Crippen LogP contribution in [0.2, 0.25) is 0 Å². The summed E-state index contributed by atoms with van der Waals surface area (Å²) in [6.07, 6.45) is 2.42. The molecule has 0 amide bonds. The van der Waals surface area contributed by atoms with Gasteiger partial charge in [0.1, 0.15) is 5.75 Å². The van der Waals surface area contributed by atoms with Crippen LogP contribution >= 0.6 is 0 Å². The van der Waals surface area contributed by atoms with Crippen LogP contribution in [0.5, 0.6) is 5.75 Å². The third kappa shape index (κ3) is 2.64. The summed E-state index contributed by atoms with van der Waals surface area (Å²) in [5.74, 6) is 1.62. The van der Waals surface area contributed by atoms with Crippen molar-refractivity contribution in [2.45, 2.75) is 31.7 Å². The second-order valence-corrected chi connectivity index (χ2v) is 5.60. The molecule has 0 aliphatic heterocycles. The Morgan fingerprint density at radius 2 is 1.70 bits per heavy atom. The van der Waals surface area contributed by atoms with Gasteiger partial charge < -0.3 is 10.1 Å². The Morgan fingerprint density at radius 3 is 2.35 bits per heavy atom. The number of rotatable bonds is 4. The largest absolute Gasteiger partial charge is 0.497 e. The third-order valence-corrected chi connectivity index (χ3v) is 4.23. The van der Waals surface area contributed by atoms with E-state index in [0.29, 0.717) is 12.0 Å². The fourth-order valence-electron chi connectivity index (χ4n) is 2.84. The van der Waals surface area contributed by atoms with Gasteiger partial charge in [0.05, 0.1) is 7.11 Å². The summed E-state index contributed by atoms with van der Waals surface area (Å²) >= 11 is 0. The number of para-hydroxylation sites is 1. The number of anilines is 1. The molecule has 0 radical (unpaired) electrons. The summed E-state index contributed by atoms with van der Waals surface area (Å²) in [7, 11) is 1.71. The second kappa shape index (κ2) is 5.58. The number of hydrogen-bond acceptors (Lipinski definition) is 2. The van der Waals surface area contributed by atoms with Gasteiger partial charge in [0.25, 0.3) is 0 Å². The van der Waals surface area contributed by atoms with Gasteiger partial charge in [0, 0.05) is 11.7 Å². The van der Waals surface area contributed by atoms with Crippen molar-refractivity contribution in [3.8, 4) is 5.75 Å². The fourth-order valence-corrected chi connectivity index (χ4v) is 2.84. The lowest BCUT2D eigenvalue weighted by atomic mass is 9.75. The topological polar surface area (TPSA) is 21.3 Å². The van der Waals surface area contributed by atoms with Gasteiger partial charge >= 0.3 is 0 Å². The van der Waals surface area contributed by atoms with Crippen molar-refractivity contribution in [3.05, 3.63) is 59.7 Å². The van der Waals surface area contributed by atoms with Crippen molar-refractivity contribution in [2.24, 2.45) is 0 Å².